The third-order valence-corrected chi connectivity index (χ3v) is 7.62. The van der Waals surface area contributed by atoms with Crippen LogP contribution in [0.4, 0.5) is 0 Å². The first-order valence-corrected chi connectivity index (χ1v) is 12.1. The Morgan fingerprint density at radius 1 is 0.645 bits per heavy atom. The molecular weight excluding hydrogens is 380 g/mol. The molecule has 2 aliphatic rings. The first-order valence-electron chi connectivity index (χ1n) is 12.1. The molecule has 0 saturated heterocycles. The predicted molar refractivity (Wildman–Crippen MR) is 130 cm³/mol. The maximum Gasteiger partial charge on any atom is 0.161 e. The lowest BCUT2D eigenvalue weighted by atomic mass is 9.72. The van der Waals surface area contributed by atoms with Crippen LogP contribution in [0.3, 0.4) is 0 Å². The summed E-state index contributed by atoms with van der Waals surface area (Å²) in [5.41, 5.74) is 9.06. The van der Waals surface area contributed by atoms with Gasteiger partial charge in [0.2, 0.25) is 0 Å². The van der Waals surface area contributed by atoms with E-state index in [1.165, 1.54) is 33.4 Å². The van der Waals surface area contributed by atoms with Gasteiger partial charge in [0, 0.05) is 5.41 Å². The van der Waals surface area contributed by atoms with Crippen LogP contribution in [0.1, 0.15) is 101 Å². The van der Waals surface area contributed by atoms with Crippen LogP contribution in [-0.2, 0) is 16.2 Å². The van der Waals surface area contributed by atoms with Crippen LogP contribution in [-0.4, -0.2) is 13.2 Å². The van der Waals surface area contributed by atoms with Gasteiger partial charge < -0.3 is 9.47 Å². The van der Waals surface area contributed by atoms with Crippen LogP contribution < -0.4 is 9.47 Å². The van der Waals surface area contributed by atoms with Crippen molar-refractivity contribution >= 4 is 0 Å². The summed E-state index contributed by atoms with van der Waals surface area (Å²) in [5, 5.41) is 0. The zero-order valence-corrected chi connectivity index (χ0v) is 20.9. The summed E-state index contributed by atoms with van der Waals surface area (Å²) in [7, 11) is 0. The molecule has 31 heavy (non-hydrogen) atoms. The van der Waals surface area contributed by atoms with Gasteiger partial charge in [-0.25, -0.2) is 0 Å². The van der Waals surface area contributed by atoms with E-state index < -0.39 is 0 Å². The van der Waals surface area contributed by atoms with E-state index in [4.69, 9.17) is 9.47 Å². The summed E-state index contributed by atoms with van der Waals surface area (Å²) >= 11 is 0. The summed E-state index contributed by atoms with van der Waals surface area (Å²) in [5.74, 6) is 1.83. The first kappa shape index (κ1) is 22.2. The normalized spacial score (nSPS) is 22.5. The molecule has 4 rings (SSSR count). The van der Waals surface area contributed by atoms with Crippen LogP contribution in [0.2, 0.25) is 0 Å². The molecule has 1 atom stereocenters. The largest absolute Gasteiger partial charge is 0.490 e. The van der Waals surface area contributed by atoms with E-state index in [-0.39, 0.29) is 16.2 Å². The lowest BCUT2D eigenvalue weighted by Crippen LogP contribution is -2.27. The number of ether oxygens (including phenoxy) is 2. The molecule has 0 bridgehead atoms. The van der Waals surface area contributed by atoms with Crippen molar-refractivity contribution in [3.8, 4) is 11.5 Å². The lowest BCUT2D eigenvalue weighted by Gasteiger charge is -2.31. The van der Waals surface area contributed by atoms with Gasteiger partial charge in [0.1, 0.15) is 0 Å². The summed E-state index contributed by atoms with van der Waals surface area (Å²) in [6.45, 7) is 19.9. The molecule has 168 valence electrons. The van der Waals surface area contributed by atoms with Crippen LogP contribution in [0.15, 0.2) is 24.3 Å². The van der Waals surface area contributed by atoms with Crippen molar-refractivity contribution in [2.24, 2.45) is 0 Å². The fourth-order valence-corrected chi connectivity index (χ4v) is 6.23. The Morgan fingerprint density at radius 3 is 1.52 bits per heavy atom. The molecule has 2 heteroatoms. The Labute approximate surface area is 189 Å². The Kier molecular flexibility index (Phi) is 5.43. The number of aryl methyl sites for hydroxylation is 2. The van der Waals surface area contributed by atoms with Crippen molar-refractivity contribution in [2.75, 3.05) is 13.2 Å². The zero-order valence-electron chi connectivity index (χ0n) is 20.9. The van der Waals surface area contributed by atoms with Crippen molar-refractivity contribution in [1.29, 1.82) is 0 Å². The molecular formula is C29H40O2. The SMILES string of the molecule is CCCOc1cc2c(cc1OCCC)C1(CC(C)(C)c3cc(C)c(C)cc31)CC2(C)C. The van der Waals surface area contributed by atoms with E-state index in [1.54, 1.807) is 0 Å². The molecule has 0 N–H and O–H groups in total. The molecule has 2 nitrogen and oxygen atoms in total. The molecule has 1 unspecified atom stereocenters. The van der Waals surface area contributed by atoms with Gasteiger partial charge in [0.25, 0.3) is 0 Å². The minimum absolute atomic E-state index is 0.0454. The minimum atomic E-state index is 0.0454. The van der Waals surface area contributed by atoms with Crippen molar-refractivity contribution in [2.45, 2.75) is 97.3 Å². The number of hydrogen-bond donors (Lipinski definition) is 0. The summed E-state index contributed by atoms with van der Waals surface area (Å²) in [4.78, 5) is 0. The van der Waals surface area contributed by atoms with Gasteiger partial charge in [-0.05, 0) is 95.9 Å². The summed E-state index contributed by atoms with van der Waals surface area (Å²) in [6.07, 6.45) is 4.28. The van der Waals surface area contributed by atoms with Crippen LogP contribution in [0.5, 0.6) is 11.5 Å². The van der Waals surface area contributed by atoms with Crippen LogP contribution >= 0.6 is 0 Å². The van der Waals surface area contributed by atoms with E-state index in [1.807, 2.05) is 0 Å². The lowest BCUT2D eigenvalue weighted by molar-refractivity contribution is 0.267. The van der Waals surface area contributed by atoms with Crippen molar-refractivity contribution < 1.29 is 9.47 Å². The molecule has 1 spiro atoms. The third-order valence-electron chi connectivity index (χ3n) is 7.62. The van der Waals surface area contributed by atoms with E-state index in [0.717, 1.165) is 50.4 Å². The van der Waals surface area contributed by atoms with Crippen LogP contribution in [0.25, 0.3) is 0 Å². The first-order chi connectivity index (χ1) is 14.6. The average Bonchev–Trinajstić information content (AvgIpc) is 3.04. The Balaban J connectivity index is 1.95. The highest BCUT2D eigenvalue weighted by Crippen LogP contribution is 2.64. The fourth-order valence-electron chi connectivity index (χ4n) is 6.23. The number of hydrogen-bond acceptors (Lipinski definition) is 2. The molecule has 2 aromatic carbocycles. The molecule has 0 amide bonds. The Hall–Kier alpha value is -1.96. The highest BCUT2D eigenvalue weighted by atomic mass is 16.5. The second kappa shape index (κ2) is 7.57. The topological polar surface area (TPSA) is 18.5 Å². The van der Waals surface area contributed by atoms with E-state index in [0.29, 0.717) is 0 Å². The molecule has 0 radical (unpaired) electrons. The molecule has 2 aliphatic carbocycles. The highest BCUT2D eigenvalue weighted by Gasteiger charge is 2.56. The van der Waals surface area contributed by atoms with Gasteiger partial charge in [-0.1, -0.05) is 53.7 Å². The molecule has 0 aromatic heterocycles. The van der Waals surface area contributed by atoms with Gasteiger partial charge in [-0.3, -0.25) is 0 Å². The molecule has 0 aliphatic heterocycles. The van der Waals surface area contributed by atoms with Gasteiger partial charge in [0.15, 0.2) is 11.5 Å². The second-order valence-corrected chi connectivity index (χ2v) is 11.2. The molecule has 2 aromatic rings. The monoisotopic (exact) mass is 420 g/mol. The summed E-state index contributed by atoms with van der Waals surface area (Å²) in [6, 6.07) is 9.58. The smallest absolute Gasteiger partial charge is 0.161 e. The standard InChI is InChI=1S/C29H40O2/c1-9-11-30-25-15-22-24(16-26(25)31-12-10-2)29(18-28(22,7)8)17-27(5,6)21-13-19(3)20(4)14-23(21)29/h13-16H,9-12,17-18H2,1-8H3. The Bertz CT molecular complexity index is 998. The van der Waals surface area contributed by atoms with Gasteiger partial charge in [-0.15, -0.1) is 0 Å². The van der Waals surface area contributed by atoms with Crippen molar-refractivity contribution in [3.05, 3.63) is 57.6 Å². The quantitative estimate of drug-likeness (QED) is 0.481. The predicted octanol–water partition coefficient (Wildman–Crippen LogP) is 7.53. The third kappa shape index (κ3) is 3.47. The van der Waals surface area contributed by atoms with E-state index >= 15 is 0 Å². The van der Waals surface area contributed by atoms with Gasteiger partial charge in [0.05, 0.1) is 13.2 Å². The molecule has 0 fully saturated rings. The maximum absolute atomic E-state index is 6.24. The number of rotatable bonds is 6. The van der Waals surface area contributed by atoms with Gasteiger partial charge in [-0.2, -0.15) is 0 Å². The number of fused-ring (bicyclic) bond motifs is 4. The zero-order chi connectivity index (χ0) is 22.6. The average molecular weight is 421 g/mol. The minimum Gasteiger partial charge on any atom is -0.490 e. The van der Waals surface area contributed by atoms with E-state index in [9.17, 15) is 0 Å². The molecule has 0 saturated carbocycles. The van der Waals surface area contributed by atoms with Crippen LogP contribution in [0, 0.1) is 13.8 Å². The fraction of sp³-hybridized carbons (Fsp3) is 0.586. The molecule has 0 heterocycles. The second-order valence-electron chi connectivity index (χ2n) is 11.2. The van der Waals surface area contributed by atoms with E-state index in [2.05, 4.69) is 79.7 Å². The van der Waals surface area contributed by atoms with Crippen molar-refractivity contribution in [3.63, 3.8) is 0 Å². The van der Waals surface area contributed by atoms with Gasteiger partial charge >= 0.3 is 0 Å². The number of benzene rings is 2. The highest BCUT2D eigenvalue weighted by molar-refractivity contribution is 5.64. The maximum atomic E-state index is 6.24. The Morgan fingerprint density at radius 2 is 1.03 bits per heavy atom. The summed E-state index contributed by atoms with van der Waals surface area (Å²) < 4.78 is 12.4. The van der Waals surface area contributed by atoms with Crippen molar-refractivity contribution in [1.82, 2.24) is 0 Å².